The minimum absolute atomic E-state index is 0.163. The molecule has 0 bridgehead atoms. The Labute approximate surface area is 199 Å². The number of nitrogens with zero attached hydrogens (tertiary/aromatic N) is 1. The van der Waals surface area contributed by atoms with Crippen LogP contribution in [0, 0.1) is 46.3 Å². The normalized spacial score (nSPS) is 49.5. The van der Waals surface area contributed by atoms with Crippen molar-refractivity contribution in [2.75, 3.05) is 0 Å². The number of hydrogen-bond donors (Lipinski definition) is 2. The summed E-state index contributed by atoms with van der Waals surface area (Å²) >= 11 is 3.76. The SMILES string of the molecule is CC(C)CCC[C@@H](C)[C@H]1CC[C@H]2[C@@H]3C/C(=N\O)[C@]4(O)C[C@@H](Br)CC[C@]4(C)[C@H]3CC[C@]12C. The molecule has 3 nitrogen and oxygen atoms in total. The van der Waals surface area contributed by atoms with E-state index in [1.54, 1.807) is 0 Å². The van der Waals surface area contributed by atoms with E-state index in [9.17, 15) is 10.3 Å². The predicted molar refractivity (Wildman–Crippen MR) is 132 cm³/mol. The first-order valence-corrected chi connectivity index (χ1v) is 14.1. The first kappa shape index (κ1) is 24.0. The van der Waals surface area contributed by atoms with Crippen LogP contribution >= 0.6 is 15.9 Å². The molecule has 0 heterocycles. The molecule has 0 aromatic heterocycles. The van der Waals surface area contributed by atoms with Crippen molar-refractivity contribution in [1.82, 2.24) is 0 Å². The average Bonchev–Trinajstić information content (AvgIpc) is 3.05. The fourth-order valence-electron chi connectivity index (χ4n) is 9.16. The van der Waals surface area contributed by atoms with Gasteiger partial charge < -0.3 is 10.3 Å². The molecule has 4 heteroatoms. The number of rotatable bonds is 5. The summed E-state index contributed by atoms with van der Waals surface area (Å²) in [5.74, 6) is 4.26. The number of aliphatic hydroxyl groups is 1. The molecule has 4 rings (SSSR count). The molecular formula is C27H46BrNO2. The second-order valence-corrected chi connectivity index (χ2v) is 14.1. The molecule has 2 N–H and O–H groups in total. The van der Waals surface area contributed by atoms with Crippen molar-refractivity contribution in [3.8, 4) is 0 Å². The maximum Gasteiger partial charge on any atom is 0.113 e. The van der Waals surface area contributed by atoms with Gasteiger partial charge in [-0.1, -0.05) is 75.0 Å². The molecular weight excluding hydrogens is 450 g/mol. The third kappa shape index (κ3) is 3.74. The van der Waals surface area contributed by atoms with E-state index >= 15 is 0 Å². The van der Waals surface area contributed by atoms with Gasteiger partial charge >= 0.3 is 0 Å². The highest BCUT2D eigenvalue weighted by Crippen LogP contribution is 2.69. The molecule has 0 saturated heterocycles. The van der Waals surface area contributed by atoms with E-state index in [0.717, 1.165) is 37.0 Å². The van der Waals surface area contributed by atoms with Gasteiger partial charge in [0.25, 0.3) is 0 Å². The molecule has 0 unspecified atom stereocenters. The number of alkyl halides is 1. The summed E-state index contributed by atoms with van der Waals surface area (Å²) in [5, 5.41) is 25.6. The Morgan fingerprint density at radius 3 is 2.45 bits per heavy atom. The van der Waals surface area contributed by atoms with Crippen molar-refractivity contribution in [3.63, 3.8) is 0 Å². The van der Waals surface area contributed by atoms with Crippen LogP contribution in [0.4, 0.5) is 0 Å². The van der Waals surface area contributed by atoms with Crippen molar-refractivity contribution < 1.29 is 10.3 Å². The van der Waals surface area contributed by atoms with E-state index in [-0.39, 0.29) is 5.41 Å². The fourth-order valence-corrected chi connectivity index (χ4v) is 9.86. The molecule has 4 fully saturated rings. The second kappa shape index (κ2) is 8.60. The van der Waals surface area contributed by atoms with Gasteiger partial charge in [-0.25, -0.2) is 0 Å². The highest BCUT2D eigenvalue weighted by atomic mass is 79.9. The van der Waals surface area contributed by atoms with Crippen LogP contribution in [-0.4, -0.2) is 26.5 Å². The van der Waals surface area contributed by atoms with E-state index in [1.807, 2.05) is 0 Å². The van der Waals surface area contributed by atoms with E-state index in [4.69, 9.17) is 0 Å². The molecule has 31 heavy (non-hydrogen) atoms. The van der Waals surface area contributed by atoms with E-state index in [0.29, 0.717) is 40.1 Å². The highest BCUT2D eigenvalue weighted by molar-refractivity contribution is 9.09. The topological polar surface area (TPSA) is 52.8 Å². The second-order valence-electron chi connectivity index (χ2n) is 12.8. The van der Waals surface area contributed by atoms with Gasteiger partial charge in [-0.05, 0) is 92.3 Å². The molecule has 0 spiro atoms. The zero-order valence-corrected chi connectivity index (χ0v) is 22.1. The van der Waals surface area contributed by atoms with E-state index in [2.05, 4.69) is 55.7 Å². The molecule has 0 aromatic rings. The third-order valence-electron chi connectivity index (χ3n) is 10.9. The summed E-state index contributed by atoms with van der Waals surface area (Å²) in [6.45, 7) is 12.1. The lowest BCUT2D eigenvalue weighted by Crippen LogP contribution is -2.66. The van der Waals surface area contributed by atoms with Crippen molar-refractivity contribution in [2.24, 2.45) is 51.5 Å². The first-order valence-electron chi connectivity index (χ1n) is 13.1. The number of halogens is 1. The molecule has 0 aromatic carbocycles. The van der Waals surface area contributed by atoms with Crippen LogP contribution in [0.5, 0.6) is 0 Å². The van der Waals surface area contributed by atoms with Gasteiger partial charge in [0.2, 0.25) is 0 Å². The van der Waals surface area contributed by atoms with Crippen LogP contribution in [-0.2, 0) is 0 Å². The lowest BCUT2D eigenvalue weighted by Gasteiger charge is -2.64. The molecule has 4 saturated carbocycles. The van der Waals surface area contributed by atoms with Crippen molar-refractivity contribution in [1.29, 1.82) is 0 Å². The minimum atomic E-state index is -0.953. The zero-order chi connectivity index (χ0) is 22.6. The quantitative estimate of drug-likeness (QED) is 0.236. The maximum atomic E-state index is 11.9. The fraction of sp³-hybridized carbons (Fsp3) is 0.963. The predicted octanol–water partition coefficient (Wildman–Crippen LogP) is 7.43. The number of fused-ring (bicyclic) bond motifs is 5. The first-order chi connectivity index (χ1) is 14.6. The summed E-state index contributed by atoms with van der Waals surface area (Å²) < 4.78 is 0. The lowest BCUT2D eigenvalue weighted by molar-refractivity contribution is -0.151. The number of hydrogen-bond acceptors (Lipinski definition) is 3. The van der Waals surface area contributed by atoms with Crippen LogP contribution < -0.4 is 0 Å². The third-order valence-corrected chi connectivity index (χ3v) is 11.7. The van der Waals surface area contributed by atoms with Crippen LogP contribution in [0.15, 0.2) is 5.16 Å². The molecule has 0 amide bonds. The van der Waals surface area contributed by atoms with Crippen LogP contribution in [0.2, 0.25) is 0 Å². The minimum Gasteiger partial charge on any atom is -0.411 e. The number of oxime groups is 1. The molecule has 0 aliphatic heterocycles. The van der Waals surface area contributed by atoms with Crippen LogP contribution in [0.25, 0.3) is 0 Å². The monoisotopic (exact) mass is 495 g/mol. The Morgan fingerprint density at radius 1 is 1.03 bits per heavy atom. The zero-order valence-electron chi connectivity index (χ0n) is 20.5. The van der Waals surface area contributed by atoms with Gasteiger partial charge in [-0.3, -0.25) is 0 Å². The van der Waals surface area contributed by atoms with Gasteiger partial charge in [-0.15, -0.1) is 0 Å². The van der Waals surface area contributed by atoms with Gasteiger partial charge in [0.05, 0.1) is 5.71 Å². The Kier molecular flexibility index (Phi) is 6.67. The average molecular weight is 497 g/mol. The summed E-state index contributed by atoms with van der Waals surface area (Å²) in [5.41, 5.74) is -0.0229. The van der Waals surface area contributed by atoms with Gasteiger partial charge in [-0.2, -0.15) is 0 Å². The smallest absolute Gasteiger partial charge is 0.113 e. The van der Waals surface area contributed by atoms with Gasteiger partial charge in [0.15, 0.2) is 0 Å². The van der Waals surface area contributed by atoms with Crippen molar-refractivity contribution in [2.45, 2.75) is 116 Å². The van der Waals surface area contributed by atoms with E-state index in [1.165, 1.54) is 44.9 Å². The summed E-state index contributed by atoms with van der Waals surface area (Å²) in [6, 6.07) is 0. The molecule has 9 atom stereocenters. The van der Waals surface area contributed by atoms with Crippen LogP contribution in [0.3, 0.4) is 0 Å². The standard InChI is InChI=1S/C27H46BrNO2/c1-17(2)7-6-8-18(3)21-9-10-22-20-15-24(29-31)27(30)16-19(28)11-14-26(27,5)23(20)12-13-25(21,22)4/h17-23,30-31H,6-16H2,1-5H3/b29-24+/t18-,19+,20+,21-,22+,23+,25-,26-,27-/m1/s1. The van der Waals surface area contributed by atoms with Crippen molar-refractivity contribution >= 4 is 21.6 Å². The maximum absolute atomic E-state index is 11.9. The van der Waals surface area contributed by atoms with Gasteiger partial charge in [0.1, 0.15) is 5.60 Å². The largest absolute Gasteiger partial charge is 0.411 e. The van der Waals surface area contributed by atoms with Gasteiger partial charge in [0, 0.05) is 10.2 Å². The molecule has 4 aliphatic carbocycles. The van der Waals surface area contributed by atoms with E-state index < -0.39 is 5.60 Å². The Balaban J connectivity index is 1.57. The van der Waals surface area contributed by atoms with Crippen molar-refractivity contribution in [3.05, 3.63) is 0 Å². The highest BCUT2D eigenvalue weighted by Gasteiger charge is 2.67. The van der Waals surface area contributed by atoms with Crippen LogP contribution in [0.1, 0.15) is 105 Å². The summed E-state index contributed by atoms with van der Waals surface area (Å²) in [7, 11) is 0. The lowest BCUT2D eigenvalue weighted by atomic mass is 9.42. The Bertz CT molecular complexity index is 695. The molecule has 178 valence electrons. The Hall–Kier alpha value is -0.0900. The Morgan fingerprint density at radius 2 is 1.77 bits per heavy atom. The molecule has 4 aliphatic rings. The molecule has 0 radical (unpaired) electrons. The summed E-state index contributed by atoms with van der Waals surface area (Å²) in [4.78, 5) is 0.315. The summed E-state index contributed by atoms with van der Waals surface area (Å²) in [6.07, 6.45) is 12.9.